The van der Waals surface area contributed by atoms with Crippen molar-refractivity contribution in [3.63, 3.8) is 0 Å². The molecule has 1 N–H and O–H groups in total. The van der Waals surface area contributed by atoms with Gasteiger partial charge in [0.05, 0.1) is 5.69 Å². The molecule has 6 rings (SSSR count). The fraction of sp³-hybridized carbons (Fsp3) is 0.185. The van der Waals surface area contributed by atoms with Crippen molar-refractivity contribution < 1.29 is 28.1 Å². The monoisotopic (exact) mass is 560 g/mol. The van der Waals surface area contributed by atoms with Crippen LogP contribution in [0.3, 0.4) is 0 Å². The van der Waals surface area contributed by atoms with Crippen LogP contribution in [0.25, 0.3) is 33.5 Å². The van der Waals surface area contributed by atoms with Crippen molar-refractivity contribution in [3.8, 4) is 45.0 Å². The van der Waals surface area contributed by atoms with E-state index in [-0.39, 0.29) is 5.69 Å². The summed E-state index contributed by atoms with van der Waals surface area (Å²) in [5.41, 5.74) is 2.34. The molecule has 0 fully saturated rings. The molecule has 3 aromatic heterocycles. The molecule has 12 nitrogen and oxygen atoms in total. The van der Waals surface area contributed by atoms with Crippen LogP contribution in [0.15, 0.2) is 63.6 Å². The number of carbonyl (C=O) groups excluding carboxylic acids is 2. The van der Waals surface area contributed by atoms with Gasteiger partial charge in [-0.25, -0.2) is 4.98 Å². The minimum Gasteiger partial charge on any atom is -0.486 e. The molecule has 13 heteroatoms. The Bertz CT molecular complexity index is 1630. The molecule has 40 heavy (non-hydrogen) atoms. The summed E-state index contributed by atoms with van der Waals surface area (Å²) in [6.07, 6.45) is 0.750. The van der Waals surface area contributed by atoms with E-state index in [9.17, 15) is 9.59 Å². The van der Waals surface area contributed by atoms with E-state index in [1.54, 1.807) is 32.3 Å². The summed E-state index contributed by atoms with van der Waals surface area (Å²) in [4.78, 5) is 33.2. The number of rotatable bonds is 6. The zero-order valence-corrected chi connectivity index (χ0v) is 22.6. The Morgan fingerprint density at radius 2 is 1.70 bits per heavy atom. The van der Waals surface area contributed by atoms with E-state index in [0.29, 0.717) is 57.9 Å². The molecule has 1 aliphatic heterocycles. The number of aromatic nitrogens is 4. The average Bonchev–Trinajstić information content (AvgIpc) is 3.74. The van der Waals surface area contributed by atoms with E-state index in [0.717, 1.165) is 17.5 Å². The molecule has 4 heterocycles. The molecule has 0 atom stereocenters. The lowest BCUT2D eigenvalue weighted by atomic mass is 10.1. The Labute approximate surface area is 232 Å². The number of nitrogens with zero attached hydrogens (tertiary/aromatic N) is 5. The van der Waals surface area contributed by atoms with Crippen molar-refractivity contribution in [2.45, 2.75) is 6.92 Å². The second kappa shape index (κ2) is 11.8. The standard InChI is InChI=1S/C24H17N5O5S.C3H7NO/c1-13-20(23-26-21(29-34-23)14-5-3-2-4-6-14)35-24(25-13)27-22(30)16-12-18(33-28-16)15-7-8-17-19(11-15)32-10-9-31-17;1-4(2)3-5/h2-8,11-12H,9-10H2,1H3,(H,25,27,30);3H,1-2H3. The molecule has 0 saturated heterocycles. The minimum absolute atomic E-state index is 0.119. The number of amides is 2. The number of anilines is 1. The van der Waals surface area contributed by atoms with E-state index in [4.69, 9.17) is 18.5 Å². The van der Waals surface area contributed by atoms with Crippen molar-refractivity contribution >= 4 is 28.8 Å². The van der Waals surface area contributed by atoms with E-state index in [1.807, 2.05) is 43.3 Å². The third-order valence-corrected chi connectivity index (χ3v) is 6.51. The first kappa shape index (κ1) is 26.6. The van der Waals surface area contributed by atoms with Crippen molar-refractivity contribution in [2.24, 2.45) is 0 Å². The maximum Gasteiger partial charge on any atom is 0.279 e. The number of fused-ring (bicyclic) bond motifs is 1. The second-order valence-corrected chi connectivity index (χ2v) is 9.68. The Balaban J connectivity index is 0.000000595. The van der Waals surface area contributed by atoms with E-state index < -0.39 is 5.91 Å². The van der Waals surface area contributed by atoms with Crippen molar-refractivity contribution in [2.75, 3.05) is 32.6 Å². The summed E-state index contributed by atoms with van der Waals surface area (Å²) in [5.74, 6) is 2.09. The SMILES string of the molecule is CN(C)C=O.Cc1nc(NC(=O)c2cc(-c3ccc4c(c3)OCCO4)on2)sc1-c1nc(-c2ccccc2)no1. The highest BCUT2D eigenvalue weighted by molar-refractivity contribution is 7.19. The van der Waals surface area contributed by atoms with Gasteiger partial charge in [-0.15, -0.1) is 0 Å². The smallest absolute Gasteiger partial charge is 0.279 e. The summed E-state index contributed by atoms with van der Waals surface area (Å²) >= 11 is 1.23. The average molecular weight is 561 g/mol. The van der Waals surface area contributed by atoms with Crippen LogP contribution in [0, 0.1) is 6.92 Å². The van der Waals surface area contributed by atoms with Gasteiger partial charge in [0, 0.05) is 31.3 Å². The first-order valence-electron chi connectivity index (χ1n) is 12.1. The zero-order chi connectivity index (χ0) is 28.1. The molecule has 0 radical (unpaired) electrons. The van der Waals surface area contributed by atoms with E-state index in [1.165, 1.54) is 16.2 Å². The lowest BCUT2D eigenvalue weighted by molar-refractivity contribution is -0.115. The van der Waals surface area contributed by atoms with Crippen LogP contribution >= 0.6 is 11.3 Å². The third-order valence-electron chi connectivity index (χ3n) is 5.45. The highest BCUT2D eigenvalue weighted by atomic mass is 32.1. The fourth-order valence-electron chi connectivity index (χ4n) is 3.54. The number of aryl methyl sites for hydroxylation is 1. The molecule has 2 aromatic carbocycles. The van der Waals surface area contributed by atoms with Gasteiger partial charge in [-0.1, -0.05) is 52.0 Å². The van der Waals surface area contributed by atoms with Gasteiger partial charge in [-0.3, -0.25) is 14.9 Å². The number of thiazole rings is 1. The number of hydrogen-bond acceptors (Lipinski definition) is 11. The quantitative estimate of drug-likeness (QED) is 0.293. The molecule has 204 valence electrons. The molecule has 0 aliphatic carbocycles. The molecule has 0 saturated carbocycles. The lowest BCUT2D eigenvalue weighted by Gasteiger charge is -2.18. The second-order valence-electron chi connectivity index (χ2n) is 8.68. The lowest BCUT2D eigenvalue weighted by Crippen LogP contribution is -2.15. The van der Waals surface area contributed by atoms with Crippen LogP contribution in [-0.4, -0.2) is 64.8 Å². The number of benzene rings is 2. The Hall–Kier alpha value is -5.04. The minimum atomic E-state index is -0.451. The molecular formula is C27H24N6O6S. The summed E-state index contributed by atoms with van der Waals surface area (Å²) in [5, 5.41) is 11.1. The van der Waals surface area contributed by atoms with Gasteiger partial charge in [0.25, 0.3) is 11.8 Å². The van der Waals surface area contributed by atoms with Crippen molar-refractivity contribution in [3.05, 3.63) is 66.0 Å². The van der Waals surface area contributed by atoms with Crippen LogP contribution in [0.4, 0.5) is 5.13 Å². The highest BCUT2D eigenvalue weighted by Crippen LogP contribution is 2.35. The summed E-state index contributed by atoms with van der Waals surface area (Å²) < 4.78 is 22.0. The fourth-order valence-corrected chi connectivity index (χ4v) is 4.43. The molecule has 0 unspecified atom stereocenters. The molecule has 2 amide bonds. The Morgan fingerprint density at radius 1 is 0.950 bits per heavy atom. The third kappa shape index (κ3) is 5.99. The van der Waals surface area contributed by atoms with Gasteiger partial charge in [-0.05, 0) is 25.1 Å². The zero-order valence-electron chi connectivity index (χ0n) is 21.8. The first-order valence-corrected chi connectivity index (χ1v) is 12.9. The van der Waals surface area contributed by atoms with Crippen molar-refractivity contribution in [1.82, 2.24) is 25.2 Å². The van der Waals surface area contributed by atoms with Gasteiger partial charge in [0.15, 0.2) is 28.1 Å². The predicted molar refractivity (Wildman–Crippen MR) is 146 cm³/mol. The topological polar surface area (TPSA) is 146 Å². The molecule has 0 bridgehead atoms. The predicted octanol–water partition coefficient (Wildman–Crippen LogP) is 4.55. The summed E-state index contributed by atoms with van der Waals surface area (Å²) in [6.45, 7) is 2.80. The van der Waals surface area contributed by atoms with E-state index >= 15 is 0 Å². The highest BCUT2D eigenvalue weighted by Gasteiger charge is 2.21. The maximum absolute atomic E-state index is 12.8. The molecule has 1 aliphatic rings. The van der Waals surface area contributed by atoms with E-state index in [2.05, 4.69) is 25.6 Å². The largest absolute Gasteiger partial charge is 0.486 e. The van der Waals surface area contributed by atoms with Crippen LogP contribution in [0.2, 0.25) is 0 Å². The van der Waals surface area contributed by atoms with Crippen molar-refractivity contribution in [1.29, 1.82) is 0 Å². The van der Waals surface area contributed by atoms with Gasteiger partial charge < -0.3 is 23.4 Å². The number of ether oxygens (including phenoxy) is 2. The molecular weight excluding hydrogens is 536 g/mol. The van der Waals surface area contributed by atoms with Crippen LogP contribution in [0.1, 0.15) is 16.2 Å². The number of nitrogens with one attached hydrogen (secondary N) is 1. The summed E-state index contributed by atoms with van der Waals surface area (Å²) in [7, 11) is 3.38. The van der Waals surface area contributed by atoms with Gasteiger partial charge in [0.2, 0.25) is 12.2 Å². The normalized spacial score (nSPS) is 11.8. The first-order chi connectivity index (χ1) is 19.4. The number of carbonyl (C=O) groups is 2. The van der Waals surface area contributed by atoms with Crippen LogP contribution in [-0.2, 0) is 4.79 Å². The number of hydrogen-bond donors (Lipinski definition) is 1. The van der Waals surface area contributed by atoms with Gasteiger partial charge in [0.1, 0.15) is 18.1 Å². The van der Waals surface area contributed by atoms with Crippen LogP contribution in [0.5, 0.6) is 11.5 Å². The maximum atomic E-state index is 12.8. The summed E-state index contributed by atoms with van der Waals surface area (Å²) in [6, 6.07) is 16.5. The van der Waals surface area contributed by atoms with Crippen LogP contribution < -0.4 is 14.8 Å². The van der Waals surface area contributed by atoms with Gasteiger partial charge >= 0.3 is 0 Å². The van der Waals surface area contributed by atoms with Gasteiger partial charge in [-0.2, -0.15) is 4.98 Å². The Kier molecular flexibility index (Phi) is 7.82. The molecule has 0 spiro atoms. The molecule has 5 aromatic rings. The Morgan fingerprint density at radius 3 is 2.45 bits per heavy atom.